The lowest BCUT2D eigenvalue weighted by Crippen LogP contribution is -2.59. The number of carboxylic acid groups (broad SMARTS) is 1. The molecule has 1 amide bonds. The third-order valence-electron chi connectivity index (χ3n) is 8.68. The highest BCUT2D eigenvalue weighted by Crippen LogP contribution is 2.54. The predicted molar refractivity (Wildman–Crippen MR) is 172 cm³/mol. The standard InChI is InChI=1S/C33H33Cl2N3O5S/c1-33(19-30(39)40)18-26(23-7-6-8-25(35)17-23)31(22-13-15-24(34)16-14-22)38(32(33)41)29(21-11-12-21)20-37(44(3,42)43)28-10-5-4-9-27(28)36-2/h4-10,13-17,21,26,29,31H,11-12,18-20H2,1,3H3,(H,39,40)/t26?,29-,31-,33-/m1/s1. The summed E-state index contributed by atoms with van der Waals surface area (Å²) in [5.41, 5.74) is 0.781. The summed E-state index contributed by atoms with van der Waals surface area (Å²) in [6, 6.07) is 19.9. The van der Waals surface area contributed by atoms with Gasteiger partial charge in [-0.25, -0.2) is 13.3 Å². The third kappa shape index (κ3) is 6.58. The van der Waals surface area contributed by atoms with E-state index in [0.29, 0.717) is 10.0 Å². The number of likely N-dealkylation sites (tertiary alicyclic amines) is 1. The largest absolute Gasteiger partial charge is 0.481 e. The zero-order valence-electron chi connectivity index (χ0n) is 24.4. The third-order valence-corrected chi connectivity index (χ3v) is 10.3. The van der Waals surface area contributed by atoms with E-state index in [1.807, 2.05) is 30.3 Å². The number of nitrogens with zero attached hydrogens (tertiary/aromatic N) is 3. The summed E-state index contributed by atoms with van der Waals surface area (Å²) >= 11 is 12.7. The van der Waals surface area contributed by atoms with Crippen LogP contribution in [0.2, 0.25) is 10.0 Å². The van der Waals surface area contributed by atoms with Crippen molar-refractivity contribution in [1.29, 1.82) is 0 Å². The number of piperidine rings is 1. The molecule has 0 aromatic heterocycles. The first-order valence-electron chi connectivity index (χ1n) is 14.3. The molecule has 1 heterocycles. The van der Waals surface area contributed by atoms with Crippen LogP contribution in [0.25, 0.3) is 4.85 Å². The van der Waals surface area contributed by atoms with Crippen LogP contribution in [0.3, 0.4) is 0 Å². The molecule has 0 spiro atoms. The van der Waals surface area contributed by atoms with Gasteiger partial charge in [-0.3, -0.25) is 13.9 Å². The number of anilines is 1. The van der Waals surface area contributed by atoms with E-state index in [1.54, 1.807) is 54.3 Å². The molecule has 4 atom stereocenters. The molecule has 5 rings (SSSR count). The van der Waals surface area contributed by atoms with Crippen LogP contribution in [0.4, 0.5) is 11.4 Å². The second-order valence-electron chi connectivity index (χ2n) is 12.0. The Morgan fingerprint density at radius 2 is 1.75 bits per heavy atom. The Balaban J connectivity index is 1.72. The molecule has 2 aliphatic rings. The molecule has 230 valence electrons. The molecule has 1 aliphatic carbocycles. The van der Waals surface area contributed by atoms with E-state index in [2.05, 4.69) is 4.85 Å². The van der Waals surface area contributed by atoms with Gasteiger partial charge in [-0.05, 0) is 66.6 Å². The van der Waals surface area contributed by atoms with Gasteiger partial charge in [-0.1, -0.05) is 72.6 Å². The van der Waals surface area contributed by atoms with Crippen molar-refractivity contribution in [1.82, 2.24) is 4.90 Å². The van der Waals surface area contributed by atoms with Crippen molar-refractivity contribution in [2.75, 3.05) is 17.1 Å². The fraction of sp³-hybridized carbons (Fsp3) is 0.364. The minimum absolute atomic E-state index is 0.0229. The maximum Gasteiger partial charge on any atom is 0.304 e. The quantitative estimate of drug-likeness (QED) is 0.231. The maximum absolute atomic E-state index is 14.7. The first kappa shape index (κ1) is 31.8. The van der Waals surface area contributed by atoms with E-state index in [4.69, 9.17) is 29.8 Å². The molecule has 1 unspecified atom stereocenters. The van der Waals surface area contributed by atoms with Gasteiger partial charge in [0.1, 0.15) is 0 Å². The summed E-state index contributed by atoms with van der Waals surface area (Å²) in [5.74, 6) is -1.82. The molecule has 2 fully saturated rings. The van der Waals surface area contributed by atoms with E-state index in [1.165, 1.54) is 4.31 Å². The summed E-state index contributed by atoms with van der Waals surface area (Å²) in [6.45, 7) is 9.26. The zero-order valence-corrected chi connectivity index (χ0v) is 26.7. The monoisotopic (exact) mass is 653 g/mol. The molecular formula is C33H33Cl2N3O5S. The van der Waals surface area contributed by atoms with Crippen molar-refractivity contribution in [3.63, 3.8) is 0 Å². The Morgan fingerprint density at radius 1 is 1.07 bits per heavy atom. The van der Waals surface area contributed by atoms with Crippen molar-refractivity contribution in [3.8, 4) is 0 Å². The van der Waals surface area contributed by atoms with Crippen LogP contribution in [0.5, 0.6) is 0 Å². The molecule has 11 heteroatoms. The SMILES string of the molecule is [C-]#[N+]c1ccccc1N(C[C@H](C1CC1)N1C(=O)[C@@](C)(CC(=O)O)CC(c2cccc(Cl)c2)[C@H]1c1ccc(Cl)cc1)S(C)(=O)=O. The van der Waals surface area contributed by atoms with Gasteiger partial charge in [0.25, 0.3) is 0 Å². The summed E-state index contributed by atoms with van der Waals surface area (Å²) < 4.78 is 27.9. The number of rotatable bonds is 10. The van der Waals surface area contributed by atoms with Gasteiger partial charge in [0, 0.05) is 16.0 Å². The highest BCUT2D eigenvalue weighted by atomic mass is 35.5. The molecule has 3 aromatic rings. The first-order valence-corrected chi connectivity index (χ1v) is 16.9. The van der Waals surface area contributed by atoms with Crippen LogP contribution >= 0.6 is 23.2 Å². The van der Waals surface area contributed by atoms with E-state index in [9.17, 15) is 23.1 Å². The molecule has 1 aliphatic heterocycles. The van der Waals surface area contributed by atoms with Gasteiger partial charge < -0.3 is 10.0 Å². The molecule has 3 aromatic carbocycles. The molecule has 44 heavy (non-hydrogen) atoms. The summed E-state index contributed by atoms with van der Waals surface area (Å²) in [5, 5.41) is 11.0. The van der Waals surface area contributed by atoms with E-state index >= 15 is 0 Å². The molecule has 8 nitrogen and oxygen atoms in total. The van der Waals surface area contributed by atoms with Crippen LogP contribution in [-0.4, -0.2) is 49.1 Å². The second kappa shape index (κ2) is 12.4. The van der Waals surface area contributed by atoms with Crippen LogP contribution in [0.1, 0.15) is 55.7 Å². The Bertz CT molecular complexity index is 1720. The minimum atomic E-state index is -3.89. The number of aliphatic carboxylic acids is 1. The Morgan fingerprint density at radius 3 is 2.34 bits per heavy atom. The molecule has 1 N–H and O–H groups in total. The van der Waals surface area contributed by atoms with Gasteiger partial charge >= 0.3 is 5.97 Å². The summed E-state index contributed by atoms with van der Waals surface area (Å²) in [4.78, 5) is 32.2. The Kier molecular flexibility index (Phi) is 8.99. The Labute approximate surface area is 268 Å². The number of carboxylic acids is 1. The predicted octanol–water partition coefficient (Wildman–Crippen LogP) is 7.33. The van der Waals surface area contributed by atoms with Gasteiger partial charge in [0.15, 0.2) is 0 Å². The summed E-state index contributed by atoms with van der Waals surface area (Å²) in [6.07, 6.45) is 2.51. The number of carbonyl (C=O) groups excluding carboxylic acids is 1. The fourth-order valence-corrected chi connectivity index (χ4v) is 7.80. The lowest BCUT2D eigenvalue weighted by molar-refractivity contribution is -0.160. The average molecular weight is 655 g/mol. The topological polar surface area (TPSA) is 99.3 Å². The van der Waals surface area contributed by atoms with Gasteiger partial charge in [-0.15, -0.1) is 0 Å². The van der Waals surface area contributed by atoms with E-state index < -0.39 is 33.5 Å². The van der Waals surface area contributed by atoms with Crippen LogP contribution in [0, 0.1) is 17.9 Å². The molecule has 0 radical (unpaired) electrons. The number of amides is 1. The maximum atomic E-state index is 14.7. The van der Waals surface area contributed by atoms with Crippen molar-refractivity contribution in [2.24, 2.45) is 11.3 Å². The first-order chi connectivity index (χ1) is 20.8. The molecule has 0 bridgehead atoms. The normalized spacial score (nSPS) is 22.7. The number of sulfonamides is 1. The Hall–Kier alpha value is -3.58. The number of benzene rings is 3. The smallest absolute Gasteiger partial charge is 0.304 e. The highest BCUT2D eigenvalue weighted by Gasteiger charge is 2.55. The van der Waals surface area contributed by atoms with E-state index in [0.717, 1.165) is 30.2 Å². The molecule has 1 saturated heterocycles. The van der Waals surface area contributed by atoms with Crippen LogP contribution < -0.4 is 4.31 Å². The lowest BCUT2D eigenvalue weighted by atomic mass is 9.67. The number of hydrogen-bond acceptors (Lipinski definition) is 4. The van der Waals surface area contributed by atoms with Crippen molar-refractivity contribution >= 4 is 56.5 Å². The second-order valence-corrected chi connectivity index (χ2v) is 14.8. The summed E-state index contributed by atoms with van der Waals surface area (Å²) in [7, 11) is -3.89. The van der Waals surface area contributed by atoms with Crippen molar-refractivity contribution in [3.05, 3.63) is 105 Å². The minimum Gasteiger partial charge on any atom is -0.481 e. The fourth-order valence-electron chi connectivity index (χ4n) is 6.54. The average Bonchev–Trinajstić information content (AvgIpc) is 3.80. The van der Waals surface area contributed by atoms with Gasteiger partial charge in [-0.2, -0.15) is 0 Å². The number of para-hydroxylation sites is 2. The van der Waals surface area contributed by atoms with Gasteiger partial charge in [0.2, 0.25) is 21.6 Å². The lowest BCUT2D eigenvalue weighted by Gasteiger charge is -2.52. The van der Waals surface area contributed by atoms with Crippen molar-refractivity contribution < 1.29 is 23.1 Å². The number of hydrogen-bond donors (Lipinski definition) is 1. The highest BCUT2D eigenvalue weighted by molar-refractivity contribution is 7.92. The van der Waals surface area contributed by atoms with Crippen LogP contribution in [0.15, 0.2) is 72.8 Å². The van der Waals surface area contributed by atoms with Crippen molar-refractivity contribution in [2.45, 2.75) is 50.6 Å². The van der Waals surface area contributed by atoms with Crippen LogP contribution in [-0.2, 0) is 19.6 Å². The van der Waals surface area contributed by atoms with Gasteiger partial charge in [0.05, 0.1) is 49.0 Å². The zero-order chi connectivity index (χ0) is 31.8. The number of halogens is 2. The van der Waals surface area contributed by atoms with E-state index in [-0.39, 0.29) is 48.5 Å². The molecular weight excluding hydrogens is 621 g/mol. The molecule has 1 saturated carbocycles. The number of carbonyl (C=O) groups is 2.